The van der Waals surface area contributed by atoms with Crippen molar-refractivity contribution in [2.24, 2.45) is 4.40 Å². The van der Waals surface area contributed by atoms with Crippen molar-refractivity contribution in [2.75, 3.05) is 18.8 Å². The molecule has 7 heteroatoms. The zero-order chi connectivity index (χ0) is 18.3. The molecule has 0 radical (unpaired) electrons. The average Bonchev–Trinajstić information content (AvgIpc) is 2.63. The number of sulfonamides is 1. The largest absolute Gasteiger partial charge is 0.358 e. The van der Waals surface area contributed by atoms with Gasteiger partial charge in [0.05, 0.1) is 10.8 Å². The van der Waals surface area contributed by atoms with Crippen LogP contribution in [0.4, 0.5) is 4.39 Å². The van der Waals surface area contributed by atoms with Crippen LogP contribution in [0.25, 0.3) is 11.1 Å². The molecular weight excluding hydrogens is 375 g/mol. The van der Waals surface area contributed by atoms with Gasteiger partial charge in [-0.15, -0.1) is 4.40 Å². The molecule has 0 spiro atoms. The second-order valence-electron chi connectivity index (χ2n) is 6.67. The second-order valence-corrected chi connectivity index (χ2v) is 8.83. The van der Waals surface area contributed by atoms with Crippen molar-refractivity contribution in [2.45, 2.75) is 18.8 Å². The number of piperidine rings is 1. The Balaban J connectivity index is 1.65. The van der Waals surface area contributed by atoms with Crippen molar-refractivity contribution in [3.8, 4) is 11.1 Å². The number of benzene rings is 2. The Morgan fingerprint density at radius 1 is 1.08 bits per heavy atom. The van der Waals surface area contributed by atoms with Gasteiger partial charge in [-0.2, -0.15) is 0 Å². The molecule has 0 unspecified atom stereocenters. The Morgan fingerprint density at radius 2 is 1.81 bits per heavy atom. The van der Waals surface area contributed by atoms with Crippen LogP contribution in [0, 0.1) is 5.82 Å². The van der Waals surface area contributed by atoms with Gasteiger partial charge < -0.3 is 4.90 Å². The van der Waals surface area contributed by atoms with Crippen molar-refractivity contribution in [1.29, 1.82) is 0 Å². The first kappa shape index (κ1) is 17.5. The molecule has 0 aromatic heterocycles. The molecule has 0 aliphatic carbocycles. The number of nitrogens with zero attached hydrogens (tertiary/aromatic N) is 2. The van der Waals surface area contributed by atoms with Crippen molar-refractivity contribution in [3.63, 3.8) is 0 Å². The standard InChI is InChI=1S/C19H18ClFN2O2S/c20-17-12-15(7-8-18(17)21)13-3-5-14(6-4-13)16-2-1-9-23-10-11-26(24,25)22-19(16)23/h3-8,12,16H,1-2,9-11H2/t16-/m0/s1. The highest BCUT2D eigenvalue weighted by molar-refractivity contribution is 7.90. The van der Waals surface area contributed by atoms with Gasteiger partial charge in [-0.3, -0.25) is 0 Å². The van der Waals surface area contributed by atoms with Gasteiger partial charge in [-0.05, 0) is 41.7 Å². The molecule has 1 fully saturated rings. The molecule has 2 aromatic rings. The lowest BCUT2D eigenvalue weighted by Crippen LogP contribution is -2.46. The monoisotopic (exact) mass is 392 g/mol. The molecule has 0 amide bonds. The van der Waals surface area contributed by atoms with E-state index in [2.05, 4.69) is 9.30 Å². The summed E-state index contributed by atoms with van der Waals surface area (Å²) in [6.07, 6.45) is 1.89. The summed E-state index contributed by atoms with van der Waals surface area (Å²) < 4.78 is 41.2. The third kappa shape index (κ3) is 3.35. The Kier molecular flexibility index (Phi) is 4.49. The maximum absolute atomic E-state index is 13.3. The number of fused-ring (bicyclic) bond motifs is 1. The molecule has 2 aromatic carbocycles. The first-order chi connectivity index (χ1) is 12.4. The summed E-state index contributed by atoms with van der Waals surface area (Å²) in [6.45, 7) is 1.38. The molecule has 136 valence electrons. The summed E-state index contributed by atoms with van der Waals surface area (Å²) in [5.74, 6) is 0.309. The van der Waals surface area contributed by atoms with Gasteiger partial charge in [0.2, 0.25) is 0 Å². The van der Waals surface area contributed by atoms with Crippen LogP contribution in [0.15, 0.2) is 46.9 Å². The highest BCUT2D eigenvalue weighted by Crippen LogP contribution is 2.33. The number of rotatable bonds is 2. The van der Waals surface area contributed by atoms with Gasteiger partial charge in [0.1, 0.15) is 11.7 Å². The third-order valence-electron chi connectivity index (χ3n) is 4.97. The summed E-state index contributed by atoms with van der Waals surface area (Å²) in [6, 6.07) is 12.5. The lowest BCUT2D eigenvalue weighted by Gasteiger charge is -2.37. The van der Waals surface area contributed by atoms with Gasteiger partial charge in [0, 0.05) is 19.0 Å². The van der Waals surface area contributed by atoms with Crippen LogP contribution in [-0.2, 0) is 10.0 Å². The van der Waals surface area contributed by atoms with Crippen molar-refractivity contribution < 1.29 is 12.8 Å². The minimum atomic E-state index is -3.36. The van der Waals surface area contributed by atoms with E-state index in [0.717, 1.165) is 36.1 Å². The molecule has 1 saturated heterocycles. The molecule has 1 atom stereocenters. The molecule has 2 heterocycles. The van der Waals surface area contributed by atoms with E-state index in [1.165, 1.54) is 6.07 Å². The topological polar surface area (TPSA) is 49.7 Å². The zero-order valence-corrected chi connectivity index (χ0v) is 15.6. The highest BCUT2D eigenvalue weighted by atomic mass is 35.5. The van der Waals surface area contributed by atoms with Gasteiger partial charge in [-0.1, -0.05) is 41.9 Å². The van der Waals surface area contributed by atoms with E-state index in [0.29, 0.717) is 12.4 Å². The normalized spacial score (nSPS) is 21.8. The fourth-order valence-corrected chi connectivity index (χ4v) is 4.86. The molecule has 0 N–H and O–H groups in total. The third-order valence-corrected chi connectivity index (χ3v) is 6.43. The van der Waals surface area contributed by atoms with E-state index < -0.39 is 15.8 Å². The Hall–Kier alpha value is -1.92. The van der Waals surface area contributed by atoms with Gasteiger partial charge >= 0.3 is 0 Å². The molecule has 0 bridgehead atoms. The Morgan fingerprint density at radius 3 is 2.54 bits per heavy atom. The average molecular weight is 393 g/mol. The summed E-state index contributed by atoms with van der Waals surface area (Å²) in [4.78, 5) is 2.09. The predicted molar refractivity (Wildman–Crippen MR) is 102 cm³/mol. The number of hydrogen-bond acceptors (Lipinski definition) is 3. The first-order valence-corrected chi connectivity index (χ1v) is 10.5. The number of amidine groups is 1. The minimum absolute atomic E-state index is 0.00955. The maximum Gasteiger partial charge on any atom is 0.256 e. The van der Waals surface area contributed by atoms with E-state index in [-0.39, 0.29) is 16.7 Å². The van der Waals surface area contributed by atoms with E-state index >= 15 is 0 Å². The predicted octanol–water partition coefficient (Wildman–Crippen LogP) is 4.07. The lowest BCUT2D eigenvalue weighted by atomic mass is 9.88. The van der Waals surface area contributed by atoms with E-state index in [1.54, 1.807) is 12.1 Å². The molecule has 0 saturated carbocycles. The summed E-state index contributed by atoms with van der Waals surface area (Å²) in [5.41, 5.74) is 2.81. The first-order valence-electron chi connectivity index (χ1n) is 8.56. The minimum Gasteiger partial charge on any atom is -0.358 e. The maximum atomic E-state index is 13.3. The van der Waals surface area contributed by atoms with Gasteiger partial charge in [-0.25, -0.2) is 12.8 Å². The number of hydrogen-bond donors (Lipinski definition) is 0. The van der Waals surface area contributed by atoms with E-state index in [9.17, 15) is 12.8 Å². The van der Waals surface area contributed by atoms with Crippen molar-refractivity contribution in [1.82, 2.24) is 4.90 Å². The smallest absolute Gasteiger partial charge is 0.256 e. The molecule has 4 nitrogen and oxygen atoms in total. The van der Waals surface area contributed by atoms with Gasteiger partial charge in [0.25, 0.3) is 10.0 Å². The van der Waals surface area contributed by atoms with Crippen LogP contribution in [0.2, 0.25) is 5.02 Å². The SMILES string of the molecule is O=S1(=O)CCN2CCC[C@@H](c3ccc(-c4ccc(F)c(Cl)c4)cc3)C2=N1. The Labute approximate surface area is 157 Å². The van der Waals surface area contributed by atoms with Crippen LogP contribution >= 0.6 is 11.6 Å². The van der Waals surface area contributed by atoms with Gasteiger partial charge in [0.15, 0.2) is 0 Å². The quantitative estimate of drug-likeness (QED) is 0.774. The lowest BCUT2D eigenvalue weighted by molar-refractivity contribution is 0.366. The van der Waals surface area contributed by atoms with Crippen LogP contribution in [0.5, 0.6) is 0 Å². The highest BCUT2D eigenvalue weighted by Gasteiger charge is 2.33. The van der Waals surface area contributed by atoms with Crippen LogP contribution in [0.3, 0.4) is 0 Å². The zero-order valence-electron chi connectivity index (χ0n) is 14.0. The van der Waals surface area contributed by atoms with Crippen LogP contribution in [-0.4, -0.2) is 38.0 Å². The van der Waals surface area contributed by atoms with Crippen LogP contribution in [0.1, 0.15) is 24.3 Å². The molecule has 4 rings (SSSR count). The molecular formula is C19H18ClFN2O2S. The second kappa shape index (κ2) is 6.67. The molecule has 26 heavy (non-hydrogen) atoms. The van der Waals surface area contributed by atoms with Crippen LogP contribution < -0.4 is 0 Å². The summed E-state index contributed by atoms with van der Waals surface area (Å²) in [5, 5.41) is 0.0938. The van der Waals surface area contributed by atoms with Crippen molar-refractivity contribution >= 4 is 27.5 Å². The Bertz CT molecular complexity index is 974. The fraction of sp³-hybridized carbons (Fsp3) is 0.316. The summed E-state index contributed by atoms with van der Waals surface area (Å²) >= 11 is 5.87. The summed E-state index contributed by atoms with van der Waals surface area (Å²) in [7, 11) is -3.36. The van der Waals surface area contributed by atoms with E-state index in [1.807, 2.05) is 24.3 Å². The van der Waals surface area contributed by atoms with E-state index in [4.69, 9.17) is 11.6 Å². The number of halogens is 2. The van der Waals surface area contributed by atoms with Crippen molar-refractivity contribution in [3.05, 3.63) is 58.9 Å². The molecule has 2 aliphatic rings. The molecule has 2 aliphatic heterocycles. The fourth-order valence-electron chi connectivity index (χ4n) is 3.61.